The average Bonchev–Trinajstić information content (AvgIpc) is 3.06. The smallest absolute Gasteiger partial charge is 0.251 e. The fraction of sp³-hybridized carbons (Fsp3) is 0.231. The molecular weight excluding hydrogens is 278 g/mol. The highest BCUT2D eigenvalue weighted by Gasteiger charge is 2.14. The molecule has 106 valence electrons. The highest BCUT2D eigenvalue weighted by Crippen LogP contribution is 2.22. The van der Waals surface area contributed by atoms with Crippen LogP contribution in [0.5, 0.6) is 0 Å². The molecule has 6 nitrogen and oxygen atoms in total. The molecule has 2 rings (SSSR count). The van der Waals surface area contributed by atoms with E-state index in [1.165, 1.54) is 11.3 Å². The summed E-state index contributed by atoms with van der Waals surface area (Å²) in [5.41, 5.74) is 5.53. The molecule has 0 unspecified atom stereocenters. The van der Waals surface area contributed by atoms with Gasteiger partial charge in [-0.3, -0.25) is 14.9 Å². The van der Waals surface area contributed by atoms with Crippen LogP contribution in [0.25, 0.3) is 0 Å². The van der Waals surface area contributed by atoms with E-state index in [-0.39, 0.29) is 18.5 Å². The summed E-state index contributed by atoms with van der Waals surface area (Å²) in [5.74, 6) is -0.0430. The van der Waals surface area contributed by atoms with Gasteiger partial charge in [-0.05, 0) is 30.5 Å². The van der Waals surface area contributed by atoms with E-state index in [1.807, 2.05) is 13.0 Å². The van der Waals surface area contributed by atoms with Crippen molar-refractivity contribution in [1.82, 2.24) is 5.32 Å². The minimum absolute atomic E-state index is 0.0744. The van der Waals surface area contributed by atoms with E-state index in [0.29, 0.717) is 10.6 Å². The van der Waals surface area contributed by atoms with Gasteiger partial charge in [0.15, 0.2) is 0 Å². The molecule has 2 aromatic heterocycles. The Bertz CT molecular complexity index is 592. The molecule has 4 N–H and O–H groups in total. The van der Waals surface area contributed by atoms with Crippen LogP contribution in [0.15, 0.2) is 34.3 Å². The molecule has 0 bridgehead atoms. The van der Waals surface area contributed by atoms with E-state index < -0.39 is 5.91 Å². The standard InChI is InChI=1S/C13H15N3O3S/c1-8(10-3-2-5-19-10)15-7-11(17)16-13-9(12(14)18)4-6-20-13/h2-6,8,15H,7H2,1H3,(H2,14,18)(H,16,17)/t8-/m0/s1. The van der Waals surface area contributed by atoms with Crippen molar-refractivity contribution in [2.24, 2.45) is 5.73 Å². The van der Waals surface area contributed by atoms with Crippen LogP contribution in [0.1, 0.15) is 29.1 Å². The summed E-state index contributed by atoms with van der Waals surface area (Å²) in [5, 5.41) is 7.86. The van der Waals surface area contributed by atoms with Crippen molar-refractivity contribution in [3.63, 3.8) is 0 Å². The second-order valence-corrected chi connectivity index (χ2v) is 5.11. The molecule has 2 aromatic rings. The number of anilines is 1. The quantitative estimate of drug-likeness (QED) is 0.755. The van der Waals surface area contributed by atoms with E-state index in [1.54, 1.807) is 23.8 Å². The van der Waals surface area contributed by atoms with Gasteiger partial charge in [0, 0.05) is 0 Å². The normalized spacial score (nSPS) is 12.1. The number of primary amides is 1. The largest absolute Gasteiger partial charge is 0.468 e. The molecule has 2 heterocycles. The molecule has 7 heteroatoms. The maximum absolute atomic E-state index is 11.8. The van der Waals surface area contributed by atoms with Gasteiger partial charge < -0.3 is 15.5 Å². The lowest BCUT2D eigenvalue weighted by Gasteiger charge is -2.11. The van der Waals surface area contributed by atoms with Crippen molar-refractivity contribution in [3.05, 3.63) is 41.2 Å². The van der Waals surface area contributed by atoms with Crippen molar-refractivity contribution < 1.29 is 14.0 Å². The first-order valence-electron chi connectivity index (χ1n) is 6.02. The monoisotopic (exact) mass is 293 g/mol. The van der Waals surface area contributed by atoms with Gasteiger partial charge >= 0.3 is 0 Å². The van der Waals surface area contributed by atoms with Crippen LogP contribution in [0, 0.1) is 0 Å². The molecule has 2 amide bonds. The Morgan fingerprint density at radius 3 is 2.90 bits per heavy atom. The summed E-state index contributed by atoms with van der Waals surface area (Å²) < 4.78 is 5.23. The second-order valence-electron chi connectivity index (χ2n) is 4.19. The van der Waals surface area contributed by atoms with Crippen molar-refractivity contribution in [2.45, 2.75) is 13.0 Å². The van der Waals surface area contributed by atoms with E-state index in [2.05, 4.69) is 10.6 Å². The van der Waals surface area contributed by atoms with Crippen LogP contribution >= 0.6 is 11.3 Å². The van der Waals surface area contributed by atoms with Crippen LogP contribution in [0.3, 0.4) is 0 Å². The average molecular weight is 293 g/mol. The third kappa shape index (κ3) is 3.46. The number of carbonyl (C=O) groups is 2. The summed E-state index contributed by atoms with van der Waals surface area (Å²) in [6.45, 7) is 2.00. The van der Waals surface area contributed by atoms with Gasteiger partial charge in [-0.15, -0.1) is 11.3 Å². The van der Waals surface area contributed by atoms with Gasteiger partial charge in [0.1, 0.15) is 10.8 Å². The third-order valence-electron chi connectivity index (χ3n) is 2.72. The number of amides is 2. The molecule has 0 aromatic carbocycles. The number of hydrogen-bond donors (Lipinski definition) is 3. The number of furan rings is 1. The molecule has 0 aliphatic rings. The van der Waals surface area contributed by atoms with Crippen molar-refractivity contribution in [3.8, 4) is 0 Å². The fourth-order valence-corrected chi connectivity index (χ4v) is 2.46. The predicted octanol–water partition coefficient (Wildman–Crippen LogP) is 1.73. The zero-order valence-electron chi connectivity index (χ0n) is 10.9. The minimum atomic E-state index is -0.557. The van der Waals surface area contributed by atoms with E-state index in [9.17, 15) is 9.59 Å². The first-order valence-corrected chi connectivity index (χ1v) is 6.90. The number of hydrogen-bond acceptors (Lipinski definition) is 5. The highest BCUT2D eigenvalue weighted by atomic mass is 32.1. The first kappa shape index (κ1) is 14.3. The van der Waals surface area contributed by atoms with Crippen molar-refractivity contribution in [1.29, 1.82) is 0 Å². The molecule has 0 saturated heterocycles. The van der Waals surface area contributed by atoms with Gasteiger partial charge in [-0.25, -0.2) is 0 Å². The first-order chi connectivity index (χ1) is 9.58. The summed E-state index contributed by atoms with van der Waals surface area (Å²) in [7, 11) is 0. The van der Waals surface area contributed by atoms with E-state index in [4.69, 9.17) is 10.2 Å². The molecule has 0 saturated carbocycles. The van der Waals surface area contributed by atoms with Crippen molar-refractivity contribution >= 4 is 28.2 Å². The van der Waals surface area contributed by atoms with Crippen LogP contribution < -0.4 is 16.4 Å². The molecule has 0 fully saturated rings. The Hall–Kier alpha value is -2.12. The molecule has 20 heavy (non-hydrogen) atoms. The predicted molar refractivity (Wildman–Crippen MR) is 76.6 cm³/mol. The number of nitrogens with one attached hydrogen (secondary N) is 2. The zero-order valence-corrected chi connectivity index (χ0v) is 11.7. The Kier molecular flexibility index (Phi) is 4.54. The highest BCUT2D eigenvalue weighted by molar-refractivity contribution is 7.14. The lowest BCUT2D eigenvalue weighted by Crippen LogP contribution is -2.30. The van der Waals surface area contributed by atoms with Crippen LogP contribution in [0.2, 0.25) is 0 Å². The lowest BCUT2D eigenvalue weighted by atomic mass is 10.2. The summed E-state index contributed by atoms with van der Waals surface area (Å²) in [4.78, 5) is 22.9. The third-order valence-corrected chi connectivity index (χ3v) is 3.55. The Balaban J connectivity index is 1.87. The molecule has 1 atom stereocenters. The Morgan fingerprint density at radius 2 is 2.25 bits per heavy atom. The fourth-order valence-electron chi connectivity index (χ4n) is 1.65. The molecule has 0 radical (unpaired) electrons. The number of nitrogens with two attached hydrogens (primary N) is 1. The number of rotatable bonds is 6. The van der Waals surface area contributed by atoms with Crippen LogP contribution in [0.4, 0.5) is 5.00 Å². The molecule has 0 aliphatic heterocycles. The van der Waals surface area contributed by atoms with Gasteiger partial charge in [-0.1, -0.05) is 0 Å². The Labute approximate surface area is 120 Å². The maximum atomic E-state index is 11.8. The second kappa shape index (κ2) is 6.36. The van der Waals surface area contributed by atoms with Crippen molar-refractivity contribution in [2.75, 3.05) is 11.9 Å². The van der Waals surface area contributed by atoms with Gasteiger partial charge in [0.2, 0.25) is 5.91 Å². The summed E-state index contributed by atoms with van der Waals surface area (Å²) in [6, 6.07) is 5.13. The molecule has 0 spiro atoms. The minimum Gasteiger partial charge on any atom is -0.468 e. The molecule has 0 aliphatic carbocycles. The number of carbonyl (C=O) groups excluding carboxylic acids is 2. The maximum Gasteiger partial charge on any atom is 0.251 e. The van der Waals surface area contributed by atoms with Crippen LogP contribution in [-0.2, 0) is 4.79 Å². The molecular formula is C13H15N3O3S. The SMILES string of the molecule is C[C@H](NCC(=O)Nc1sccc1C(N)=O)c1ccco1. The topological polar surface area (TPSA) is 97.4 Å². The van der Waals surface area contributed by atoms with E-state index >= 15 is 0 Å². The van der Waals surface area contributed by atoms with Gasteiger partial charge in [0.25, 0.3) is 5.91 Å². The van der Waals surface area contributed by atoms with Gasteiger partial charge in [0.05, 0.1) is 24.4 Å². The zero-order chi connectivity index (χ0) is 14.5. The Morgan fingerprint density at radius 1 is 1.45 bits per heavy atom. The van der Waals surface area contributed by atoms with E-state index in [0.717, 1.165) is 5.76 Å². The summed E-state index contributed by atoms with van der Waals surface area (Å²) >= 11 is 1.26. The summed E-state index contributed by atoms with van der Waals surface area (Å²) in [6.07, 6.45) is 1.58. The lowest BCUT2D eigenvalue weighted by molar-refractivity contribution is -0.115. The number of thiophene rings is 1. The van der Waals surface area contributed by atoms with Crippen LogP contribution in [-0.4, -0.2) is 18.4 Å². The van der Waals surface area contributed by atoms with Gasteiger partial charge in [-0.2, -0.15) is 0 Å².